The monoisotopic (exact) mass is 317 g/mol. The molecular weight excluding hydrogens is 314 g/mol. The number of hydrogen-bond donors (Lipinski definition) is 1. The molecule has 0 spiro atoms. The smallest absolute Gasteiger partial charge is 0.355 e. The molecule has 0 aliphatic heterocycles. The molecule has 1 aromatic heterocycles. The van der Waals surface area contributed by atoms with Crippen LogP contribution in [0.1, 0.15) is 10.5 Å². The van der Waals surface area contributed by atoms with Crippen LogP contribution in [-0.2, 0) is 0 Å². The van der Waals surface area contributed by atoms with Crippen LogP contribution in [0, 0.1) is 0 Å². The normalized spacial score (nSPS) is 10.4. The van der Waals surface area contributed by atoms with Crippen LogP contribution in [0.2, 0.25) is 5.02 Å². The Kier molecular flexibility index (Phi) is 3.28. The van der Waals surface area contributed by atoms with Gasteiger partial charge >= 0.3 is 5.97 Å². The number of benzene rings is 1. The maximum Gasteiger partial charge on any atom is 0.355 e. The average molecular weight is 319 g/mol. The zero-order chi connectivity index (χ0) is 11.7. The topological polar surface area (TPSA) is 50.2 Å². The van der Waals surface area contributed by atoms with Crippen LogP contribution in [0.3, 0.4) is 0 Å². The summed E-state index contributed by atoms with van der Waals surface area (Å²) in [7, 11) is 0. The highest BCUT2D eigenvalue weighted by Crippen LogP contribution is 2.30. The molecule has 0 aliphatic carbocycles. The first-order valence-electron chi connectivity index (χ1n) is 4.22. The van der Waals surface area contributed by atoms with Gasteiger partial charge < -0.3 is 5.11 Å². The van der Waals surface area contributed by atoms with Crippen LogP contribution in [-0.4, -0.2) is 16.1 Å². The van der Waals surface area contributed by atoms with Gasteiger partial charge in [-0.2, -0.15) is 0 Å². The van der Waals surface area contributed by atoms with Crippen molar-refractivity contribution in [2.75, 3.05) is 0 Å². The fourth-order valence-electron chi connectivity index (χ4n) is 1.13. The summed E-state index contributed by atoms with van der Waals surface area (Å²) in [4.78, 5) is 14.7. The maximum atomic E-state index is 10.7. The Bertz CT molecular complexity index is 556. The van der Waals surface area contributed by atoms with Gasteiger partial charge in [0, 0.05) is 15.4 Å². The average Bonchev–Trinajstić information content (AvgIpc) is 2.71. The molecule has 1 heterocycles. The first-order chi connectivity index (χ1) is 7.58. The highest BCUT2D eigenvalue weighted by molar-refractivity contribution is 9.10. The minimum atomic E-state index is -1.02. The van der Waals surface area contributed by atoms with Gasteiger partial charge in [0.05, 0.1) is 5.02 Å². The summed E-state index contributed by atoms with van der Waals surface area (Å²) in [5.74, 6) is -1.02. The molecule has 82 valence electrons. The number of aromatic nitrogens is 1. The van der Waals surface area contributed by atoms with Crippen molar-refractivity contribution in [3.8, 4) is 10.6 Å². The molecule has 3 nitrogen and oxygen atoms in total. The van der Waals surface area contributed by atoms with Gasteiger partial charge in [-0.1, -0.05) is 17.7 Å². The first kappa shape index (κ1) is 11.6. The largest absolute Gasteiger partial charge is 0.476 e. The van der Waals surface area contributed by atoms with Gasteiger partial charge in [-0.25, -0.2) is 9.78 Å². The lowest BCUT2D eigenvalue weighted by Gasteiger charge is -1.99. The van der Waals surface area contributed by atoms with E-state index in [1.165, 1.54) is 16.7 Å². The lowest BCUT2D eigenvalue weighted by Crippen LogP contribution is -1.95. The Hall–Kier alpha value is -0.910. The highest BCUT2D eigenvalue weighted by Gasteiger charge is 2.10. The Morgan fingerprint density at radius 3 is 2.81 bits per heavy atom. The van der Waals surface area contributed by atoms with E-state index in [2.05, 4.69) is 20.9 Å². The van der Waals surface area contributed by atoms with E-state index in [9.17, 15) is 4.79 Å². The highest BCUT2D eigenvalue weighted by atomic mass is 79.9. The van der Waals surface area contributed by atoms with Gasteiger partial charge in [-0.3, -0.25) is 0 Å². The van der Waals surface area contributed by atoms with Gasteiger partial charge in [0.1, 0.15) is 5.01 Å². The van der Waals surface area contributed by atoms with Crippen molar-refractivity contribution < 1.29 is 9.90 Å². The van der Waals surface area contributed by atoms with E-state index in [1.807, 2.05) is 6.07 Å². The lowest BCUT2D eigenvalue weighted by atomic mass is 10.2. The molecule has 0 fully saturated rings. The second kappa shape index (κ2) is 4.53. The predicted molar refractivity (Wildman–Crippen MR) is 67.2 cm³/mol. The van der Waals surface area contributed by atoms with Gasteiger partial charge in [0.25, 0.3) is 0 Å². The Morgan fingerprint density at radius 2 is 2.25 bits per heavy atom. The van der Waals surface area contributed by atoms with E-state index < -0.39 is 5.97 Å². The molecule has 0 radical (unpaired) electrons. The van der Waals surface area contributed by atoms with Gasteiger partial charge in [-0.15, -0.1) is 11.3 Å². The minimum Gasteiger partial charge on any atom is -0.476 e. The van der Waals surface area contributed by atoms with Crippen LogP contribution in [0.5, 0.6) is 0 Å². The van der Waals surface area contributed by atoms with E-state index in [0.29, 0.717) is 10.0 Å². The van der Waals surface area contributed by atoms with Crippen molar-refractivity contribution in [1.82, 2.24) is 4.98 Å². The van der Waals surface area contributed by atoms with E-state index in [-0.39, 0.29) is 5.69 Å². The molecule has 2 rings (SSSR count). The molecule has 0 unspecified atom stereocenters. The molecule has 0 atom stereocenters. The second-order valence-electron chi connectivity index (χ2n) is 2.97. The van der Waals surface area contributed by atoms with Crippen LogP contribution < -0.4 is 0 Å². The van der Waals surface area contributed by atoms with Gasteiger partial charge in [-0.05, 0) is 28.1 Å². The van der Waals surface area contributed by atoms with Crippen molar-refractivity contribution >= 4 is 44.8 Å². The van der Waals surface area contributed by atoms with Crippen LogP contribution in [0.15, 0.2) is 28.1 Å². The van der Waals surface area contributed by atoms with Crippen molar-refractivity contribution in [3.63, 3.8) is 0 Å². The standard InChI is InChI=1S/C10H5BrClNO2S/c11-6-3-5(1-2-7(6)12)9-13-8(4-16-9)10(14)15/h1-4H,(H,14,15). The number of hydrogen-bond acceptors (Lipinski definition) is 3. The first-order valence-corrected chi connectivity index (χ1v) is 6.27. The minimum absolute atomic E-state index is 0.0612. The number of nitrogens with zero attached hydrogens (tertiary/aromatic N) is 1. The number of thiazole rings is 1. The van der Waals surface area contributed by atoms with Crippen LogP contribution in [0.25, 0.3) is 10.6 Å². The molecular formula is C10H5BrClNO2S. The third kappa shape index (κ3) is 2.26. The maximum absolute atomic E-state index is 10.7. The number of carboxylic acids is 1. The summed E-state index contributed by atoms with van der Waals surface area (Å²) in [5.41, 5.74) is 0.903. The molecule has 1 N–H and O–H groups in total. The quantitative estimate of drug-likeness (QED) is 0.913. The van der Waals surface area contributed by atoms with Crippen molar-refractivity contribution in [2.24, 2.45) is 0 Å². The molecule has 0 bridgehead atoms. The van der Waals surface area contributed by atoms with Crippen molar-refractivity contribution in [1.29, 1.82) is 0 Å². The van der Waals surface area contributed by atoms with Crippen LogP contribution in [0.4, 0.5) is 0 Å². The van der Waals surface area contributed by atoms with Crippen molar-refractivity contribution in [3.05, 3.63) is 38.8 Å². The van der Waals surface area contributed by atoms with E-state index in [4.69, 9.17) is 16.7 Å². The SMILES string of the molecule is O=C(O)c1csc(-c2ccc(Cl)c(Br)c2)n1. The number of aromatic carboxylic acids is 1. The van der Waals surface area contributed by atoms with E-state index in [0.717, 1.165) is 10.0 Å². The molecule has 0 saturated carbocycles. The molecule has 6 heteroatoms. The van der Waals surface area contributed by atoms with Crippen molar-refractivity contribution in [2.45, 2.75) is 0 Å². The molecule has 16 heavy (non-hydrogen) atoms. The summed E-state index contributed by atoms with van der Waals surface area (Å²) in [6, 6.07) is 5.35. The van der Waals surface area contributed by atoms with Gasteiger partial charge in [0.15, 0.2) is 5.69 Å². The second-order valence-corrected chi connectivity index (χ2v) is 5.09. The lowest BCUT2D eigenvalue weighted by molar-refractivity contribution is 0.0691. The predicted octanol–water partition coefficient (Wildman–Crippen LogP) is 3.92. The number of carbonyl (C=O) groups is 1. The Labute approximate surface area is 109 Å². The fourth-order valence-corrected chi connectivity index (χ4v) is 2.42. The van der Waals surface area contributed by atoms with E-state index in [1.54, 1.807) is 12.1 Å². The Morgan fingerprint density at radius 1 is 1.50 bits per heavy atom. The van der Waals surface area contributed by atoms with Crippen LogP contribution >= 0.6 is 38.9 Å². The molecule has 2 aromatic rings. The molecule has 0 aliphatic rings. The molecule has 0 amide bonds. The molecule has 0 saturated heterocycles. The Balaban J connectivity index is 2.42. The molecule has 1 aromatic carbocycles. The summed E-state index contributed by atoms with van der Waals surface area (Å²) >= 11 is 10.5. The fraction of sp³-hybridized carbons (Fsp3) is 0. The number of halogens is 2. The zero-order valence-corrected chi connectivity index (χ0v) is 10.9. The third-order valence-electron chi connectivity index (χ3n) is 1.89. The summed E-state index contributed by atoms with van der Waals surface area (Å²) in [6.07, 6.45) is 0. The summed E-state index contributed by atoms with van der Waals surface area (Å²) in [5, 5.41) is 11.5. The summed E-state index contributed by atoms with van der Waals surface area (Å²) in [6.45, 7) is 0. The third-order valence-corrected chi connectivity index (χ3v) is 4.00. The zero-order valence-electron chi connectivity index (χ0n) is 7.78. The number of carboxylic acid groups (broad SMARTS) is 1. The van der Waals surface area contributed by atoms with E-state index >= 15 is 0 Å². The van der Waals surface area contributed by atoms with Gasteiger partial charge in [0.2, 0.25) is 0 Å². The number of rotatable bonds is 2. The summed E-state index contributed by atoms with van der Waals surface area (Å²) < 4.78 is 0.763.